The largest absolute Gasteiger partial charge is 0.388 e. The van der Waals surface area contributed by atoms with E-state index in [0.29, 0.717) is 11.8 Å². The van der Waals surface area contributed by atoms with Gasteiger partial charge in [0.1, 0.15) is 0 Å². The fourth-order valence-electron chi connectivity index (χ4n) is 2.07. The molecule has 2 nitrogen and oxygen atoms in total. The van der Waals surface area contributed by atoms with Crippen LogP contribution in [0.4, 0.5) is 0 Å². The van der Waals surface area contributed by atoms with E-state index < -0.39 is 6.10 Å². The Kier molecular flexibility index (Phi) is 2.96. The molecule has 0 amide bonds. The molecule has 1 atom stereocenters. The molecule has 1 heterocycles. The number of aliphatic hydroxyl groups excluding tert-OH is 1. The van der Waals surface area contributed by atoms with Crippen LogP contribution in [0, 0.1) is 0 Å². The van der Waals surface area contributed by atoms with E-state index >= 15 is 0 Å². The van der Waals surface area contributed by atoms with Crippen molar-refractivity contribution in [3.63, 3.8) is 0 Å². The molecule has 1 unspecified atom stereocenters. The lowest BCUT2D eigenvalue weighted by Crippen LogP contribution is -2.03. The molecule has 3 rings (SSSR count). The van der Waals surface area contributed by atoms with Gasteiger partial charge in [-0.3, -0.25) is 0 Å². The monoisotopic (exact) mass is 259 g/mol. The predicted octanol–water partition coefficient (Wildman–Crippen LogP) is 3.47. The first-order valence-corrected chi connectivity index (χ1v) is 7.23. The van der Waals surface area contributed by atoms with Crippen molar-refractivity contribution < 1.29 is 5.11 Å². The maximum atomic E-state index is 10.2. The van der Waals surface area contributed by atoms with Crippen molar-refractivity contribution in [1.29, 1.82) is 0 Å². The molecular weight excluding hydrogens is 242 g/mol. The summed E-state index contributed by atoms with van der Waals surface area (Å²) in [6.45, 7) is 2.27. The molecule has 1 aliphatic carbocycles. The van der Waals surface area contributed by atoms with Crippen molar-refractivity contribution in [3.05, 3.63) is 52.0 Å². The molecule has 2 aromatic rings. The number of aromatic nitrogens is 1. The summed E-state index contributed by atoms with van der Waals surface area (Å²) in [5.74, 6) is 0. The Morgan fingerprint density at radius 2 is 2.06 bits per heavy atom. The van der Waals surface area contributed by atoms with Gasteiger partial charge in [-0.25, -0.2) is 4.98 Å². The minimum Gasteiger partial charge on any atom is -0.388 e. The minimum absolute atomic E-state index is 0.334. The lowest BCUT2D eigenvalue weighted by Gasteiger charge is -2.09. The third-order valence-corrected chi connectivity index (χ3v) is 4.85. The second-order valence-electron chi connectivity index (χ2n) is 5.34. The number of hydrogen-bond acceptors (Lipinski definition) is 3. The number of thiazole rings is 1. The summed E-state index contributed by atoms with van der Waals surface area (Å²) >= 11 is 1.73. The Morgan fingerprint density at radius 3 is 2.72 bits per heavy atom. The van der Waals surface area contributed by atoms with Crippen molar-refractivity contribution in [1.82, 2.24) is 4.98 Å². The van der Waals surface area contributed by atoms with Crippen molar-refractivity contribution in [2.24, 2.45) is 0 Å². The highest BCUT2D eigenvalue weighted by Gasteiger charge is 2.41. The zero-order valence-corrected chi connectivity index (χ0v) is 11.3. The number of aliphatic hydroxyl groups is 1. The SMILES string of the molecule is CC1(c2nc(CC(O)c3ccccc3)cs2)CC1. The van der Waals surface area contributed by atoms with Crippen LogP contribution in [-0.2, 0) is 11.8 Å². The van der Waals surface area contributed by atoms with Crippen molar-refractivity contribution in [2.75, 3.05) is 0 Å². The minimum atomic E-state index is -0.451. The highest BCUT2D eigenvalue weighted by atomic mass is 32.1. The summed E-state index contributed by atoms with van der Waals surface area (Å²) in [6.07, 6.45) is 2.66. The van der Waals surface area contributed by atoms with Gasteiger partial charge in [-0.2, -0.15) is 0 Å². The molecule has 1 fully saturated rings. The summed E-state index contributed by atoms with van der Waals surface area (Å²) in [4.78, 5) is 4.67. The highest BCUT2D eigenvalue weighted by molar-refractivity contribution is 7.09. The van der Waals surface area contributed by atoms with Crippen LogP contribution in [0.5, 0.6) is 0 Å². The average molecular weight is 259 g/mol. The summed E-state index contributed by atoms with van der Waals surface area (Å²) < 4.78 is 0. The van der Waals surface area contributed by atoms with E-state index in [1.807, 2.05) is 30.3 Å². The van der Waals surface area contributed by atoms with Crippen LogP contribution < -0.4 is 0 Å². The average Bonchev–Trinajstić information content (AvgIpc) is 2.97. The smallest absolute Gasteiger partial charge is 0.0987 e. The zero-order valence-electron chi connectivity index (χ0n) is 10.5. The van der Waals surface area contributed by atoms with Gasteiger partial charge in [-0.1, -0.05) is 37.3 Å². The number of hydrogen-bond donors (Lipinski definition) is 1. The number of benzene rings is 1. The molecule has 18 heavy (non-hydrogen) atoms. The topological polar surface area (TPSA) is 33.1 Å². The van der Waals surface area contributed by atoms with E-state index in [-0.39, 0.29) is 0 Å². The van der Waals surface area contributed by atoms with Gasteiger partial charge >= 0.3 is 0 Å². The van der Waals surface area contributed by atoms with E-state index in [1.165, 1.54) is 17.8 Å². The maximum absolute atomic E-state index is 10.2. The fraction of sp³-hybridized carbons (Fsp3) is 0.400. The summed E-state index contributed by atoms with van der Waals surface area (Å²) in [5, 5.41) is 13.5. The Bertz CT molecular complexity index is 530. The Hall–Kier alpha value is -1.19. The normalized spacial score (nSPS) is 18.6. The summed E-state index contributed by atoms with van der Waals surface area (Å²) in [7, 11) is 0. The van der Waals surface area contributed by atoms with E-state index in [4.69, 9.17) is 0 Å². The van der Waals surface area contributed by atoms with Crippen molar-refractivity contribution in [2.45, 2.75) is 37.7 Å². The van der Waals surface area contributed by atoms with E-state index in [9.17, 15) is 5.11 Å². The second kappa shape index (κ2) is 4.48. The van der Waals surface area contributed by atoms with Crippen LogP contribution in [0.15, 0.2) is 35.7 Å². The lowest BCUT2D eigenvalue weighted by molar-refractivity contribution is 0.177. The molecule has 1 aliphatic rings. The molecule has 1 saturated carbocycles. The van der Waals surface area contributed by atoms with Crippen molar-refractivity contribution in [3.8, 4) is 0 Å². The molecule has 0 radical (unpaired) electrons. The number of rotatable bonds is 4. The van der Waals surface area contributed by atoms with Gasteiger partial charge in [-0.05, 0) is 18.4 Å². The molecule has 1 aromatic carbocycles. The van der Waals surface area contributed by atoms with Crippen LogP contribution in [0.25, 0.3) is 0 Å². The van der Waals surface area contributed by atoms with Crippen LogP contribution in [-0.4, -0.2) is 10.1 Å². The molecule has 0 spiro atoms. The van der Waals surface area contributed by atoms with E-state index in [0.717, 1.165) is 11.3 Å². The van der Waals surface area contributed by atoms with Gasteiger partial charge in [0.05, 0.1) is 16.8 Å². The quantitative estimate of drug-likeness (QED) is 0.912. The summed E-state index contributed by atoms with van der Waals surface area (Å²) in [5.41, 5.74) is 2.31. The van der Waals surface area contributed by atoms with Crippen LogP contribution in [0.1, 0.15) is 42.1 Å². The first kappa shape index (κ1) is 11.9. The van der Waals surface area contributed by atoms with Gasteiger partial charge in [0.2, 0.25) is 0 Å². The molecule has 0 saturated heterocycles. The molecule has 0 aliphatic heterocycles. The zero-order chi connectivity index (χ0) is 12.6. The van der Waals surface area contributed by atoms with Crippen molar-refractivity contribution >= 4 is 11.3 Å². The summed E-state index contributed by atoms with van der Waals surface area (Å²) in [6, 6.07) is 9.79. The molecule has 0 bridgehead atoms. The van der Waals surface area contributed by atoms with E-state index in [2.05, 4.69) is 17.3 Å². The second-order valence-corrected chi connectivity index (χ2v) is 6.19. The van der Waals surface area contributed by atoms with Gasteiger partial charge in [0.25, 0.3) is 0 Å². The molecule has 1 aromatic heterocycles. The molecule has 1 N–H and O–H groups in total. The van der Waals surface area contributed by atoms with Gasteiger partial charge in [-0.15, -0.1) is 11.3 Å². The van der Waals surface area contributed by atoms with Gasteiger partial charge in [0.15, 0.2) is 0 Å². The third-order valence-electron chi connectivity index (χ3n) is 3.65. The van der Waals surface area contributed by atoms with Gasteiger partial charge in [0, 0.05) is 17.2 Å². The van der Waals surface area contributed by atoms with Gasteiger partial charge < -0.3 is 5.11 Å². The molecule has 94 valence electrons. The van der Waals surface area contributed by atoms with Crippen LogP contribution >= 0.6 is 11.3 Å². The lowest BCUT2D eigenvalue weighted by atomic mass is 10.1. The standard InChI is InChI=1S/C15H17NOS/c1-15(7-8-15)14-16-12(10-18-14)9-13(17)11-5-3-2-4-6-11/h2-6,10,13,17H,7-9H2,1H3. The highest BCUT2D eigenvalue weighted by Crippen LogP contribution is 2.48. The Morgan fingerprint density at radius 1 is 1.33 bits per heavy atom. The third kappa shape index (κ3) is 2.33. The van der Waals surface area contributed by atoms with Crippen LogP contribution in [0.3, 0.4) is 0 Å². The fourth-order valence-corrected chi connectivity index (χ4v) is 3.13. The van der Waals surface area contributed by atoms with Crippen LogP contribution in [0.2, 0.25) is 0 Å². The molecule has 3 heteroatoms. The first-order chi connectivity index (χ1) is 8.67. The van der Waals surface area contributed by atoms with E-state index in [1.54, 1.807) is 11.3 Å². The Labute approximate surface area is 111 Å². The Balaban J connectivity index is 1.71. The maximum Gasteiger partial charge on any atom is 0.0987 e. The molecular formula is C15H17NOS. The number of nitrogens with zero attached hydrogens (tertiary/aromatic N) is 1. The first-order valence-electron chi connectivity index (χ1n) is 6.35. The predicted molar refractivity (Wildman–Crippen MR) is 73.8 cm³/mol.